The number of hydrogen-bond donors (Lipinski definition) is 4. The van der Waals surface area contributed by atoms with E-state index in [1.54, 1.807) is 6.07 Å². The molecule has 1 aromatic heterocycles. The lowest BCUT2D eigenvalue weighted by molar-refractivity contribution is -0.137. The first kappa shape index (κ1) is 24.8. The zero-order valence-electron chi connectivity index (χ0n) is 19.6. The molecule has 8 nitrogen and oxygen atoms in total. The van der Waals surface area contributed by atoms with Gasteiger partial charge in [-0.05, 0) is 43.4 Å². The van der Waals surface area contributed by atoms with E-state index >= 15 is 0 Å². The standard InChI is InChI=1S/C27H32N4O4/c28-25(33)19(27(35)13-7-2-8-14-27)16-24(32)22(15-18-9-3-1-4-10-18)31-26(34)23-17-29-20-11-5-6-12-21(20)30-23/h1,3-6,9-12,17,19,22,24,32,35H,2,7-8,13-16H2,(H2,28,33)(H,31,34)/t19-,22+,24+/m1/s1. The van der Waals surface area contributed by atoms with Gasteiger partial charge in [0.2, 0.25) is 5.91 Å². The maximum absolute atomic E-state index is 13.1. The fourth-order valence-corrected chi connectivity index (χ4v) is 4.98. The van der Waals surface area contributed by atoms with Crippen molar-refractivity contribution in [1.82, 2.24) is 15.3 Å². The summed E-state index contributed by atoms with van der Waals surface area (Å²) in [6.45, 7) is 0. The Labute approximate surface area is 204 Å². The predicted octanol–water partition coefficient (Wildman–Crippen LogP) is 2.52. The lowest BCUT2D eigenvalue weighted by Gasteiger charge is -2.39. The fourth-order valence-electron chi connectivity index (χ4n) is 4.98. The number of nitrogens with zero attached hydrogens (tertiary/aromatic N) is 2. The molecule has 8 heteroatoms. The molecule has 184 valence electrons. The Bertz CT molecular complexity index is 1160. The van der Waals surface area contributed by atoms with Crippen molar-refractivity contribution in [3.8, 4) is 0 Å². The van der Waals surface area contributed by atoms with E-state index in [1.165, 1.54) is 6.20 Å². The number of para-hydroxylation sites is 2. The van der Waals surface area contributed by atoms with E-state index in [9.17, 15) is 19.8 Å². The van der Waals surface area contributed by atoms with E-state index in [2.05, 4.69) is 15.3 Å². The van der Waals surface area contributed by atoms with Gasteiger partial charge in [0.05, 0.1) is 40.9 Å². The first-order valence-corrected chi connectivity index (χ1v) is 12.1. The molecule has 4 rings (SSSR count). The van der Waals surface area contributed by atoms with Gasteiger partial charge in [-0.25, -0.2) is 4.98 Å². The van der Waals surface area contributed by atoms with Crippen molar-refractivity contribution < 1.29 is 19.8 Å². The zero-order valence-corrected chi connectivity index (χ0v) is 19.6. The van der Waals surface area contributed by atoms with Crippen molar-refractivity contribution in [2.24, 2.45) is 11.7 Å². The number of hydrogen-bond acceptors (Lipinski definition) is 6. The first-order chi connectivity index (χ1) is 16.9. The van der Waals surface area contributed by atoms with Gasteiger partial charge < -0.3 is 21.3 Å². The van der Waals surface area contributed by atoms with Crippen LogP contribution < -0.4 is 11.1 Å². The van der Waals surface area contributed by atoms with E-state index in [0.717, 1.165) is 24.8 Å². The maximum atomic E-state index is 13.1. The molecule has 0 aliphatic heterocycles. The van der Waals surface area contributed by atoms with Crippen LogP contribution in [0.2, 0.25) is 0 Å². The minimum Gasteiger partial charge on any atom is -0.391 e. The van der Waals surface area contributed by atoms with Gasteiger partial charge >= 0.3 is 0 Å². The van der Waals surface area contributed by atoms with Gasteiger partial charge in [-0.1, -0.05) is 61.7 Å². The molecule has 2 amide bonds. The highest BCUT2D eigenvalue weighted by molar-refractivity contribution is 5.94. The van der Waals surface area contributed by atoms with E-state index in [4.69, 9.17) is 5.73 Å². The number of rotatable bonds is 9. The number of aliphatic hydroxyl groups is 2. The summed E-state index contributed by atoms with van der Waals surface area (Å²) < 4.78 is 0. The summed E-state index contributed by atoms with van der Waals surface area (Å²) in [7, 11) is 0. The van der Waals surface area contributed by atoms with Crippen molar-refractivity contribution in [3.05, 3.63) is 72.1 Å². The summed E-state index contributed by atoms with van der Waals surface area (Å²) in [6, 6.07) is 16.0. The highest BCUT2D eigenvalue weighted by Gasteiger charge is 2.43. The number of fused-ring (bicyclic) bond motifs is 1. The lowest BCUT2D eigenvalue weighted by Crippen LogP contribution is -2.52. The second-order valence-corrected chi connectivity index (χ2v) is 9.44. The van der Waals surface area contributed by atoms with Crippen molar-refractivity contribution in [3.63, 3.8) is 0 Å². The molecule has 3 aromatic rings. The molecule has 0 bridgehead atoms. The Morgan fingerprint density at radius 1 is 1.00 bits per heavy atom. The van der Waals surface area contributed by atoms with E-state index in [-0.39, 0.29) is 12.1 Å². The molecule has 3 atom stereocenters. The van der Waals surface area contributed by atoms with Crippen LogP contribution in [0, 0.1) is 5.92 Å². The van der Waals surface area contributed by atoms with E-state index < -0.39 is 35.5 Å². The minimum absolute atomic E-state index is 0.0486. The van der Waals surface area contributed by atoms with Crippen LogP contribution in [0.1, 0.15) is 54.6 Å². The second-order valence-electron chi connectivity index (χ2n) is 9.44. The fraction of sp³-hybridized carbons (Fsp3) is 0.407. The number of aliphatic hydroxyl groups excluding tert-OH is 1. The van der Waals surface area contributed by atoms with Crippen LogP contribution in [0.3, 0.4) is 0 Å². The third-order valence-electron chi connectivity index (χ3n) is 6.95. The topological polar surface area (TPSA) is 138 Å². The summed E-state index contributed by atoms with van der Waals surface area (Å²) in [5.74, 6) is -2.03. The molecule has 0 spiro atoms. The Balaban J connectivity index is 1.56. The zero-order chi connectivity index (χ0) is 24.8. The largest absolute Gasteiger partial charge is 0.391 e. The van der Waals surface area contributed by atoms with Crippen LogP contribution in [0.25, 0.3) is 11.0 Å². The number of amides is 2. The molecule has 0 saturated heterocycles. The summed E-state index contributed by atoms with van der Waals surface area (Å²) in [6.07, 6.45) is 4.12. The van der Waals surface area contributed by atoms with Crippen LogP contribution >= 0.6 is 0 Å². The SMILES string of the molecule is NC(=O)[C@@H](C[C@H](O)[C@H](Cc1ccccc1)NC(=O)c1cnc2ccccc2n1)C1(O)CCCCC1. The lowest BCUT2D eigenvalue weighted by atomic mass is 9.72. The van der Waals surface area contributed by atoms with Gasteiger partial charge in [0, 0.05) is 0 Å². The Hall–Kier alpha value is -3.36. The van der Waals surface area contributed by atoms with Gasteiger partial charge in [-0.15, -0.1) is 0 Å². The monoisotopic (exact) mass is 476 g/mol. The molecule has 1 aliphatic rings. The Kier molecular flexibility index (Phi) is 7.73. The molecule has 5 N–H and O–H groups in total. The third-order valence-corrected chi connectivity index (χ3v) is 6.95. The van der Waals surface area contributed by atoms with Crippen molar-refractivity contribution >= 4 is 22.8 Å². The van der Waals surface area contributed by atoms with Gasteiger partial charge in [0.15, 0.2) is 0 Å². The molecular weight excluding hydrogens is 444 g/mol. The van der Waals surface area contributed by atoms with Crippen LogP contribution in [-0.4, -0.2) is 49.7 Å². The molecule has 1 heterocycles. The van der Waals surface area contributed by atoms with Crippen LogP contribution in [0.5, 0.6) is 0 Å². The summed E-state index contributed by atoms with van der Waals surface area (Å²) >= 11 is 0. The predicted molar refractivity (Wildman–Crippen MR) is 132 cm³/mol. The van der Waals surface area contributed by atoms with Crippen molar-refractivity contribution in [1.29, 1.82) is 0 Å². The number of benzene rings is 2. The van der Waals surface area contributed by atoms with E-state index in [0.29, 0.717) is 30.3 Å². The summed E-state index contributed by atoms with van der Waals surface area (Å²) in [5.41, 5.74) is 6.75. The summed E-state index contributed by atoms with van der Waals surface area (Å²) in [5, 5.41) is 25.3. The quantitative estimate of drug-likeness (QED) is 0.374. The molecule has 35 heavy (non-hydrogen) atoms. The number of aromatic nitrogens is 2. The highest BCUT2D eigenvalue weighted by Crippen LogP contribution is 2.37. The smallest absolute Gasteiger partial charge is 0.271 e. The summed E-state index contributed by atoms with van der Waals surface area (Å²) in [4.78, 5) is 34.1. The van der Waals surface area contributed by atoms with Crippen LogP contribution in [0.4, 0.5) is 0 Å². The number of primary amides is 1. The first-order valence-electron chi connectivity index (χ1n) is 12.1. The normalized spacial score (nSPS) is 17.9. The third kappa shape index (κ3) is 6.01. The number of carbonyl (C=O) groups is 2. The molecule has 2 aromatic carbocycles. The Morgan fingerprint density at radius 3 is 2.34 bits per heavy atom. The average Bonchev–Trinajstić information content (AvgIpc) is 2.87. The van der Waals surface area contributed by atoms with E-state index in [1.807, 2.05) is 48.5 Å². The maximum Gasteiger partial charge on any atom is 0.271 e. The molecular formula is C27H32N4O4. The van der Waals surface area contributed by atoms with Crippen molar-refractivity contribution in [2.75, 3.05) is 0 Å². The molecule has 1 aliphatic carbocycles. The average molecular weight is 477 g/mol. The van der Waals surface area contributed by atoms with Gasteiger partial charge in [0.25, 0.3) is 5.91 Å². The molecule has 1 fully saturated rings. The van der Waals surface area contributed by atoms with Gasteiger partial charge in [-0.2, -0.15) is 0 Å². The minimum atomic E-state index is -1.24. The van der Waals surface area contributed by atoms with Crippen molar-refractivity contribution in [2.45, 2.75) is 62.7 Å². The van der Waals surface area contributed by atoms with Gasteiger partial charge in [-0.3, -0.25) is 14.6 Å². The van der Waals surface area contributed by atoms with Gasteiger partial charge in [0.1, 0.15) is 5.69 Å². The number of nitrogens with one attached hydrogen (secondary N) is 1. The van der Waals surface area contributed by atoms with Crippen LogP contribution in [-0.2, 0) is 11.2 Å². The van der Waals surface area contributed by atoms with Crippen LogP contribution in [0.15, 0.2) is 60.8 Å². The second kappa shape index (κ2) is 10.9. The number of carbonyl (C=O) groups excluding carboxylic acids is 2. The molecule has 1 saturated carbocycles. The Morgan fingerprint density at radius 2 is 1.66 bits per heavy atom. The highest BCUT2D eigenvalue weighted by atomic mass is 16.3. The molecule has 0 unspecified atom stereocenters. The number of nitrogens with two attached hydrogens (primary N) is 1. The molecule has 0 radical (unpaired) electrons.